The lowest BCUT2D eigenvalue weighted by Crippen LogP contribution is -2.23. The minimum atomic E-state index is -0.936. The number of carboxylic acids is 1. The zero-order valence-corrected chi connectivity index (χ0v) is 34.9. The average Bonchev–Trinajstić information content (AvgIpc) is 3.42. The number of aldehydes is 1. The van der Waals surface area contributed by atoms with Crippen LogP contribution in [0.3, 0.4) is 0 Å². The lowest BCUT2D eigenvalue weighted by Gasteiger charge is -2.30. The minimum Gasteiger partial charge on any atom is -0.481 e. The monoisotopic (exact) mass is 710 g/mol. The van der Waals surface area contributed by atoms with Crippen molar-refractivity contribution in [2.75, 3.05) is 0 Å². The molecule has 0 aromatic heterocycles. The summed E-state index contributed by atoms with van der Waals surface area (Å²) < 4.78 is 6.08. The van der Waals surface area contributed by atoms with Crippen LogP contribution in [0.15, 0.2) is 47.4 Å². The molecular formula is C39H65ClO5P2. The first-order chi connectivity index (χ1) is 21.6. The molecule has 2 aliphatic heterocycles. The van der Waals surface area contributed by atoms with Crippen LogP contribution in [0.1, 0.15) is 135 Å². The second kappa shape index (κ2) is 22.0. The Morgan fingerprint density at radius 3 is 1.87 bits per heavy atom. The number of carbonyl (C=O) groups excluding carboxylic acids is 2. The van der Waals surface area contributed by atoms with Crippen LogP contribution in [0, 0.1) is 22.2 Å². The molecule has 0 radical (unpaired) electrons. The van der Waals surface area contributed by atoms with E-state index in [9.17, 15) is 14.4 Å². The Morgan fingerprint density at radius 1 is 1.02 bits per heavy atom. The number of fused-ring (bicyclic) bond motifs is 1. The number of Topliss-reactive ketones (excluding diaryl/α,β-unsaturated/α-hetero) is 1. The molecule has 0 bridgehead atoms. The highest BCUT2D eigenvalue weighted by molar-refractivity contribution is 7.52. The van der Waals surface area contributed by atoms with Crippen LogP contribution in [-0.4, -0.2) is 28.8 Å². The summed E-state index contributed by atoms with van der Waals surface area (Å²) in [6.07, 6.45) is 8.87. The summed E-state index contributed by atoms with van der Waals surface area (Å²) in [5, 5.41) is 11.4. The van der Waals surface area contributed by atoms with Gasteiger partial charge in [0.15, 0.2) is 11.5 Å². The first-order valence-electron chi connectivity index (χ1n) is 16.9. The van der Waals surface area contributed by atoms with Gasteiger partial charge in [-0.3, -0.25) is 9.59 Å². The molecule has 8 heteroatoms. The third-order valence-electron chi connectivity index (χ3n) is 7.30. The summed E-state index contributed by atoms with van der Waals surface area (Å²) in [4.78, 5) is 32.5. The summed E-state index contributed by atoms with van der Waals surface area (Å²) in [7, 11) is 3.22. The number of ether oxygens (including phenoxy) is 1. The Hall–Kier alpha value is -1.80. The molecule has 3 atom stereocenters. The fraction of sp³-hybridized carbons (Fsp3) is 0.615. The van der Waals surface area contributed by atoms with Crippen molar-refractivity contribution in [1.82, 2.24) is 0 Å². The molecule has 1 aromatic carbocycles. The van der Waals surface area contributed by atoms with Crippen molar-refractivity contribution >= 4 is 58.1 Å². The van der Waals surface area contributed by atoms with Gasteiger partial charge >= 0.3 is 5.97 Å². The van der Waals surface area contributed by atoms with E-state index in [2.05, 4.69) is 89.8 Å². The van der Waals surface area contributed by atoms with Crippen molar-refractivity contribution in [1.29, 1.82) is 0 Å². The molecule has 0 amide bonds. The lowest BCUT2D eigenvalue weighted by molar-refractivity contribution is -0.148. The van der Waals surface area contributed by atoms with Gasteiger partial charge < -0.3 is 14.6 Å². The molecule has 0 aliphatic carbocycles. The van der Waals surface area contributed by atoms with Gasteiger partial charge in [0, 0.05) is 17.4 Å². The Bertz CT molecular complexity index is 1240. The average molecular weight is 711 g/mol. The van der Waals surface area contributed by atoms with Crippen LogP contribution < -0.4 is 5.30 Å². The van der Waals surface area contributed by atoms with Gasteiger partial charge in [0.05, 0.1) is 11.1 Å². The van der Waals surface area contributed by atoms with Gasteiger partial charge in [-0.1, -0.05) is 136 Å². The van der Waals surface area contributed by atoms with Gasteiger partial charge in [-0.05, 0) is 70.7 Å². The summed E-state index contributed by atoms with van der Waals surface area (Å²) in [6, 6.07) is 6.12. The number of benzene rings is 1. The number of rotatable bonds is 7. The second-order valence-corrected chi connectivity index (χ2v) is 17.0. The zero-order chi connectivity index (χ0) is 37.3. The largest absolute Gasteiger partial charge is 0.481 e. The van der Waals surface area contributed by atoms with Crippen LogP contribution in [0.5, 0.6) is 0 Å². The van der Waals surface area contributed by atoms with Crippen molar-refractivity contribution < 1.29 is 24.2 Å². The van der Waals surface area contributed by atoms with Gasteiger partial charge in [0.1, 0.15) is 12.0 Å². The highest BCUT2D eigenvalue weighted by Crippen LogP contribution is 2.53. The van der Waals surface area contributed by atoms with Crippen LogP contribution in [0.4, 0.5) is 0 Å². The molecule has 2 aliphatic rings. The molecule has 3 rings (SSSR count). The van der Waals surface area contributed by atoms with Gasteiger partial charge in [0.2, 0.25) is 0 Å². The van der Waals surface area contributed by atoms with Crippen LogP contribution in [-0.2, 0) is 19.1 Å². The quantitative estimate of drug-likeness (QED) is 0.225. The zero-order valence-electron chi connectivity index (χ0n) is 32.0. The van der Waals surface area contributed by atoms with E-state index in [1.165, 1.54) is 49.6 Å². The number of allylic oxidation sites excluding steroid dienone is 4. The number of hydrogen-bond donors (Lipinski definition) is 1. The fourth-order valence-corrected chi connectivity index (χ4v) is 5.23. The third-order valence-corrected chi connectivity index (χ3v) is 9.79. The molecule has 0 saturated carbocycles. The smallest absolute Gasteiger partial charge is 0.309 e. The number of halogens is 1. The molecule has 1 N–H and O–H groups in total. The van der Waals surface area contributed by atoms with E-state index >= 15 is 0 Å². The number of ketones is 1. The number of aliphatic carboxylic acids is 1. The maximum Gasteiger partial charge on any atom is 0.309 e. The first-order valence-corrected chi connectivity index (χ1v) is 19.0. The Balaban J connectivity index is 0. The van der Waals surface area contributed by atoms with E-state index < -0.39 is 11.4 Å². The molecule has 47 heavy (non-hydrogen) atoms. The minimum absolute atomic E-state index is 0.0632. The van der Waals surface area contributed by atoms with Crippen LogP contribution in [0.2, 0.25) is 5.02 Å². The van der Waals surface area contributed by atoms with Crippen LogP contribution in [0.25, 0.3) is 5.31 Å². The van der Waals surface area contributed by atoms with Crippen molar-refractivity contribution in [2.45, 2.75) is 135 Å². The molecule has 2 heterocycles. The van der Waals surface area contributed by atoms with Crippen molar-refractivity contribution in [3.05, 3.63) is 58.0 Å². The molecule has 0 saturated heterocycles. The normalized spacial score (nSPS) is 15.9. The van der Waals surface area contributed by atoms with E-state index in [0.29, 0.717) is 26.0 Å². The van der Waals surface area contributed by atoms with Crippen LogP contribution >= 0.6 is 29.4 Å². The highest BCUT2D eigenvalue weighted by Gasteiger charge is 2.37. The lowest BCUT2D eigenvalue weighted by atomic mass is 9.84. The molecule has 0 spiro atoms. The van der Waals surface area contributed by atoms with Gasteiger partial charge in [-0.25, -0.2) is 0 Å². The predicted molar refractivity (Wildman–Crippen MR) is 210 cm³/mol. The van der Waals surface area contributed by atoms with Crippen molar-refractivity contribution in [3.8, 4) is 0 Å². The third kappa shape index (κ3) is 17.4. The summed E-state index contributed by atoms with van der Waals surface area (Å²) in [6.45, 7) is 30.7. The Morgan fingerprint density at radius 2 is 1.53 bits per heavy atom. The summed E-state index contributed by atoms with van der Waals surface area (Å²) in [5.74, 6) is 0.530. The Labute approximate surface area is 296 Å². The molecular weight excluding hydrogens is 646 g/mol. The number of carbonyl (C=O) groups is 3. The number of hydrogen-bond acceptors (Lipinski definition) is 4. The Kier molecular flexibility index (Phi) is 22.2. The summed E-state index contributed by atoms with van der Waals surface area (Å²) in [5.41, 5.74) is 2.06. The van der Waals surface area contributed by atoms with E-state index in [0.717, 1.165) is 16.1 Å². The van der Waals surface area contributed by atoms with Crippen molar-refractivity contribution in [2.24, 2.45) is 22.2 Å². The summed E-state index contributed by atoms with van der Waals surface area (Å²) >= 11 is 6.18. The number of unbranched alkanes of at least 4 members (excludes halogenated alkanes) is 1. The first kappa shape index (κ1) is 47.3. The van der Waals surface area contributed by atoms with E-state index in [1.807, 2.05) is 39.8 Å². The molecule has 0 fully saturated rings. The highest BCUT2D eigenvalue weighted by atomic mass is 35.5. The van der Waals surface area contributed by atoms with Gasteiger partial charge in [0.25, 0.3) is 0 Å². The standard InChI is InChI=1S/C21H25ClO2P2.C6H10O3.C6H14.C4H10.C2H6/c1-11(2)19(23)15-10-18-20(24-15)13(21(3,4)5)9-17(26-18)12-6-7-14(22)16(25)8-12;1-6(2,3-4-7)5(8)9;1-5-6(2,3)4;1-3-4-2;1-2/h6-11,18,26H,25H2,1-5H3;4H,3H2,1-2H3,(H,8,9);5H2,1-4H3;3-4H2,1-2H3;1-2H3. The second-order valence-electron chi connectivity index (χ2n) is 14.6. The molecule has 3 unspecified atom stereocenters. The van der Waals surface area contributed by atoms with Crippen molar-refractivity contribution in [3.63, 3.8) is 0 Å². The van der Waals surface area contributed by atoms with Gasteiger partial charge in [-0.15, -0.1) is 9.24 Å². The maximum atomic E-state index is 12.4. The molecule has 5 nitrogen and oxygen atoms in total. The predicted octanol–water partition coefficient (Wildman–Crippen LogP) is 11.6. The SMILES string of the molecule is CC.CC(C)(CC=O)C(=O)O.CC(C)C(=O)C1=CC2PC(c3ccc(Cl)c(P)c3)=CC(C(C)(C)C)=C2O1.CCC(C)(C)C.CCCC. The van der Waals surface area contributed by atoms with E-state index in [1.54, 1.807) is 0 Å². The number of carboxylic acid groups (broad SMARTS) is 1. The maximum absolute atomic E-state index is 12.4. The fourth-order valence-electron chi connectivity index (χ4n) is 3.37. The topological polar surface area (TPSA) is 80.7 Å². The molecule has 1 aromatic rings. The van der Waals surface area contributed by atoms with Gasteiger partial charge in [-0.2, -0.15) is 0 Å². The van der Waals surface area contributed by atoms with E-state index in [-0.39, 0.29) is 29.2 Å². The molecule has 268 valence electrons. The van der Waals surface area contributed by atoms with E-state index in [4.69, 9.17) is 21.4 Å².